The van der Waals surface area contributed by atoms with Crippen molar-refractivity contribution in [1.82, 2.24) is 19.7 Å². The molecule has 5 rings (SSSR count). The lowest BCUT2D eigenvalue weighted by Gasteiger charge is -2.27. The fourth-order valence-corrected chi connectivity index (χ4v) is 3.80. The predicted octanol–water partition coefficient (Wildman–Crippen LogP) is 4.29. The second kappa shape index (κ2) is 7.75. The van der Waals surface area contributed by atoms with Gasteiger partial charge in [-0.25, -0.2) is 9.48 Å². The molecular formula is C24H22N4O3. The van der Waals surface area contributed by atoms with Crippen molar-refractivity contribution in [3.8, 4) is 17.3 Å². The van der Waals surface area contributed by atoms with E-state index in [0.717, 1.165) is 40.1 Å². The van der Waals surface area contributed by atoms with Crippen molar-refractivity contribution in [1.29, 1.82) is 0 Å². The van der Waals surface area contributed by atoms with Gasteiger partial charge in [0.05, 0.1) is 25.0 Å². The minimum Gasteiger partial charge on any atom is -0.497 e. The number of hydrogen-bond acceptors (Lipinski definition) is 5. The largest absolute Gasteiger partial charge is 0.497 e. The van der Waals surface area contributed by atoms with E-state index in [2.05, 4.69) is 10.1 Å². The quantitative estimate of drug-likeness (QED) is 0.487. The van der Waals surface area contributed by atoms with Gasteiger partial charge in [0.15, 0.2) is 5.65 Å². The molecule has 0 saturated heterocycles. The van der Waals surface area contributed by atoms with E-state index in [1.165, 1.54) is 0 Å². The van der Waals surface area contributed by atoms with E-state index in [4.69, 9.17) is 9.47 Å². The first-order valence-electron chi connectivity index (χ1n) is 10.2. The third-order valence-corrected chi connectivity index (χ3v) is 5.52. The minimum absolute atomic E-state index is 0.357. The van der Waals surface area contributed by atoms with Crippen molar-refractivity contribution in [3.63, 3.8) is 0 Å². The Morgan fingerprint density at radius 1 is 1.10 bits per heavy atom. The van der Waals surface area contributed by atoms with Crippen LogP contribution in [0.5, 0.6) is 11.6 Å². The van der Waals surface area contributed by atoms with Crippen molar-refractivity contribution >= 4 is 17.1 Å². The molecule has 0 fully saturated rings. The number of hydrogen-bond donors (Lipinski definition) is 0. The number of carbonyl (C=O) groups excluding carboxylic acids is 1. The van der Waals surface area contributed by atoms with E-state index < -0.39 is 0 Å². The van der Waals surface area contributed by atoms with Crippen molar-refractivity contribution in [2.24, 2.45) is 0 Å². The number of fused-ring (bicyclic) bond motifs is 2. The molecule has 156 valence electrons. The molecule has 1 amide bonds. The summed E-state index contributed by atoms with van der Waals surface area (Å²) in [4.78, 5) is 19.0. The average molecular weight is 414 g/mol. The number of aromatic nitrogens is 3. The van der Waals surface area contributed by atoms with Crippen LogP contribution in [-0.4, -0.2) is 39.4 Å². The maximum Gasteiger partial charge on any atom is 0.416 e. The third kappa shape index (κ3) is 3.59. The molecule has 0 saturated carbocycles. The summed E-state index contributed by atoms with van der Waals surface area (Å²) in [5.41, 5.74) is 4.50. The second-order valence-corrected chi connectivity index (χ2v) is 7.54. The van der Waals surface area contributed by atoms with E-state index in [1.54, 1.807) is 16.7 Å². The Morgan fingerprint density at radius 2 is 1.87 bits per heavy atom. The fourth-order valence-electron chi connectivity index (χ4n) is 3.80. The lowest BCUT2D eigenvalue weighted by molar-refractivity contribution is 0.136. The molecule has 0 atom stereocenters. The molecule has 4 aromatic rings. The van der Waals surface area contributed by atoms with E-state index in [-0.39, 0.29) is 6.09 Å². The standard InChI is InChI=1S/C24H22N4O3/c1-16-21-14-18-15-27(13-12-17-8-10-20(30-2)11-9-17)24(29)31-23(18)25-22(21)28(26-16)19-6-4-3-5-7-19/h3-11,14H,12-13,15H2,1-2H3. The summed E-state index contributed by atoms with van der Waals surface area (Å²) >= 11 is 0. The molecule has 7 nitrogen and oxygen atoms in total. The van der Waals surface area contributed by atoms with E-state index in [9.17, 15) is 4.79 Å². The molecule has 2 aromatic carbocycles. The highest BCUT2D eigenvalue weighted by Crippen LogP contribution is 2.30. The van der Waals surface area contributed by atoms with Gasteiger partial charge in [-0.1, -0.05) is 30.3 Å². The molecule has 1 aliphatic heterocycles. The zero-order chi connectivity index (χ0) is 21.4. The molecule has 3 heterocycles. The summed E-state index contributed by atoms with van der Waals surface area (Å²) in [6, 6.07) is 19.7. The van der Waals surface area contributed by atoms with Gasteiger partial charge in [0.1, 0.15) is 5.75 Å². The number of carbonyl (C=O) groups is 1. The number of ether oxygens (including phenoxy) is 2. The van der Waals surface area contributed by atoms with Crippen LogP contribution in [0.2, 0.25) is 0 Å². The normalized spacial score (nSPS) is 13.2. The third-order valence-electron chi connectivity index (χ3n) is 5.52. The summed E-state index contributed by atoms with van der Waals surface area (Å²) < 4.78 is 12.6. The molecule has 0 aliphatic carbocycles. The van der Waals surface area contributed by atoms with Crippen LogP contribution in [0, 0.1) is 6.92 Å². The summed E-state index contributed by atoms with van der Waals surface area (Å²) in [7, 11) is 1.65. The maximum absolute atomic E-state index is 12.6. The molecule has 0 unspecified atom stereocenters. The Kier molecular flexibility index (Phi) is 4.78. The number of methoxy groups -OCH3 is 1. The number of amides is 1. The monoisotopic (exact) mass is 414 g/mol. The smallest absolute Gasteiger partial charge is 0.416 e. The lowest BCUT2D eigenvalue weighted by atomic mass is 10.1. The maximum atomic E-state index is 12.6. The average Bonchev–Trinajstić information content (AvgIpc) is 3.12. The molecule has 31 heavy (non-hydrogen) atoms. The van der Waals surface area contributed by atoms with Crippen LogP contribution < -0.4 is 9.47 Å². The highest BCUT2D eigenvalue weighted by atomic mass is 16.6. The summed E-state index contributed by atoms with van der Waals surface area (Å²) in [5.74, 6) is 1.17. The van der Waals surface area contributed by atoms with Gasteiger partial charge in [-0.05, 0) is 49.2 Å². The Balaban J connectivity index is 1.40. The van der Waals surface area contributed by atoms with Crippen LogP contribution in [-0.2, 0) is 13.0 Å². The zero-order valence-electron chi connectivity index (χ0n) is 17.4. The van der Waals surface area contributed by atoms with Crippen LogP contribution >= 0.6 is 0 Å². The van der Waals surface area contributed by atoms with Crippen LogP contribution in [0.3, 0.4) is 0 Å². The van der Waals surface area contributed by atoms with E-state index >= 15 is 0 Å². The van der Waals surface area contributed by atoms with Gasteiger partial charge in [0.25, 0.3) is 0 Å². The van der Waals surface area contributed by atoms with Crippen molar-refractivity contribution in [3.05, 3.63) is 77.5 Å². The van der Waals surface area contributed by atoms with Crippen LogP contribution in [0.4, 0.5) is 4.79 Å². The van der Waals surface area contributed by atoms with Crippen LogP contribution in [0.1, 0.15) is 16.8 Å². The topological polar surface area (TPSA) is 69.5 Å². The number of benzene rings is 2. The Labute approximate surface area is 179 Å². The van der Waals surface area contributed by atoms with Gasteiger partial charge in [0.2, 0.25) is 5.88 Å². The first kappa shape index (κ1) is 19.1. The first-order chi connectivity index (χ1) is 15.1. The molecule has 7 heteroatoms. The Bertz CT molecular complexity index is 1250. The number of pyridine rings is 1. The fraction of sp³-hybridized carbons (Fsp3) is 0.208. The highest BCUT2D eigenvalue weighted by molar-refractivity contribution is 5.83. The van der Waals surface area contributed by atoms with Crippen molar-refractivity contribution in [2.75, 3.05) is 13.7 Å². The molecular weight excluding hydrogens is 392 g/mol. The molecule has 1 aliphatic rings. The van der Waals surface area contributed by atoms with Gasteiger partial charge in [-0.2, -0.15) is 10.1 Å². The molecule has 0 bridgehead atoms. The molecule has 0 N–H and O–H groups in total. The second-order valence-electron chi connectivity index (χ2n) is 7.54. The van der Waals surface area contributed by atoms with Gasteiger partial charge < -0.3 is 14.4 Å². The molecule has 0 spiro atoms. The molecule has 2 aromatic heterocycles. The predicted molar refractivity (Wildman–Crippen MR) is 117 cm³/mol. The SMILES string of the molecule is COc1ccc(CCN2Cc3cc4c(C)nn(-c5ccccc5)c4nc3OC2=O)cc1. The van der Waals surface area contributed by atoms with Crippen LogP contribution in [0.15, 0.2) is 60.7 Å². The molecule has 0 radical (unpaired) electrons. The van der Waals surface area contributed by atoms with Gasteiger partial charge >= 0.3 is 6.09 Å². The number of nitrogens with zero attached hydrogens (tertiary/aromatic N) is 4. The zero-order valence-corrected chi connectivity index (χ0v) is 17.4. The van der Waals surface area contributed by atoms with E-state index in [1.807, 2.05) is 67.6 Å². The van der Waals surface area contributed by atoms with Gasteiger partial charge in [-0.3, -0.25) is 0 Å². The Hall–Kier alpha value is -3.87. The van der Waals surface area contributed by atoms with Crippen LogP contribution in [0.25, 0.3) is 16.7 Å². The van der Waals surface area contributed by atoms with Gasteiger partial charge in [0, 0.05) is 17.5 Å². The summed E-state index contributed by atoms with van der Waals surface area (Å²) in [5, 5.41) is 5.60. The summed E-state index contributed by atoms with van der Waals surface area (Å²) in [6.07, 6.45) is 0.352. The highest BCUT2D eigenvalue weighted by Gasteiger charge is 2.27. The number of rotatable bonds is 5. The van der Waals surface area contributed by atoms with Crippen molar-refractivity contribution < 1.29 is 14.3 Å². The van der Waals surface area contributed by atoms with E-state index in [0.29, 0.717) is 24.6 Å². The number of para-hydroxylation sites is 1. The Morgan fingerprint density at radius 3 is 2.61 bits per heavy atom. The van der Waals surface area contributed by atoms with Crippen molar-refractivity contribution in [2.45, 2.75) is 19.9 Å². The lowest BCUT2D eigenvalue weighted by Crippen LogP contribution is -2.38. The van der Waals surface area contributed by atoms with Gasteiger partial charge in [-0.15, -0.1) is 0 Å². The number of aryl methyl sites for hydroxylation is 1. The minimum atomic E-state index is -0.379. The summed E-state index contributed by atoms with van der Waals surface area (Å²) in [6.45, 7) is 2.99. The first-order valence-corrected chi connectivity index (χ1v) is 10.2.